The van der Waals surface area contributed by atoms with Crippen molar-refractivity contribution in [1.29, 1.82) is 0 Å². The van der Waals surface area contributed by atoms with Gasteiger partial charge in [-0.2, -0.15) is 9.97 Å². The third kappa shape index (κ3) is 4.43. The van der Waals surface area contributed by atoms with Crippen molar-refractivity contribution in [2.45, 2.75) is 0 Å². The number of aromatic nitrogens is 4. The van der Waals surface area contributed by atoms with E-state index in [0.717, 1.165) is 38.5 Å². The van der Waals surface area contributed by atoms with Crippen LogP contribution in [0.25, 0.3) is 103 Å². The Morgan fingerprint density at radius 3 is 1.75 bits per heavy atom. The number of nitrogens with zero attached hydrogens (tertiary/aromatic N) is 4. The molecule has 11 rings (SSSR count). The number of hydrogen-bond acceptors (Lipinski definition) is 4. The van der Waals surface area contributed by atoms with Crippen LogP contribution >= 0.6 is 11.3 Å². The summed E-state index contributed by atoms with van der Waals surface area (Å²) < 4.78 is 4.83. The van der Waals surface area contributed by atoms with Gasteiger partial charge in [0.2, 0.25) is 5.95 Å². The summed E-state index contributed by atoms with van der Waals surface area (Å²) in [7, 11) is 0. The minimum Gasteiger partial charge on any atom is -0.277 e. The van der Waals surface area contributed by atoms with Gasteiger partial charge >= 0.3 is 0 Å². The molecule has 11 aromatic rings. The largest absolute Gasteiger partial charge is 0.277 e. The van der Waals surface area contributed by atoms with Crippen molar-refractivity contribution in [1.82, 2.24) is 19.5 Å². The molecule has 0 fully saturated rings. The van der Waals surface area contributed by atoms with E-state index in [0.29, 0.717) is 17.6 Å². The number of para-hydroxylation sites is 1. The van der Waals surface area contributed by atoms with Crippen LogP contribution in [-0.2, 0) is 0 Å². The van der Waals surface area contributed by atoms with Crippen molar-refractivity contribution >= 4 is 74.9 Å². The molecule has 52 heavy (non-hydrogen) atoms. The second-order valence-corrected chi connectivity index (χ2v) is 14.3. The molecule has 0 atom stereocenters. The topological polar surface area (TPSA) is 43.6 Å². The number of hydrogen-bond donors (Lipinski definition) is 0. The average Bonchev–Trinajstić information content (AvgIpc) is 3.76. The average molecular weight is 681 g/mol. The maximum absolute atomic E-state index is 5.26. The van der Waals surface area contributed by atoms with Crippen molar-refractivity contribution in [3.8, 4) is 39.9 Å². The van der Waals surface area contributed by atoms with E-state index in [2.05, 4.69) is 138 Å². The van der Waals surface area contributed by atoms with Crippen LogP contribution in [0.4, 0.5) is 0 Å². The predicted octanol–water partition coefficient (Wildman–Crippen LogP) is 12.6. The van der Waals surface area contributed by atoms with Crippen LogP contribution in [0.3, 0.4) is 0 Å². The molecule has 0 saturated heterocycles. The van der Waals surface area contributed by atoms with Gasteiger partial charge in [-0.15, -0.1) is 11.3 Å². The van der Waals surface area contributed by atoms with Crippen LogP contribution in [0.5, 0.6) is 0 Å². The standard InChI is InChI=1S/C47H28N4S/c1-3-14-30(15-4-1)45-48-46(31-16-5-2-6-17-31)50-47(49-45)51-40-28-33-19-8-7-18-32(33)27-39(40)36-22-11-21-35(43(36)51)37-23-12-24-38-42-34-20-10-9-13-29(34)25-26-41(42)52-44(37)38/h1-28H. The second kappa shape index (κ2) is 11.4. The number of thiophene rings is 1. The lowest BCUT2D eigenvalue weighted by Gasteiger charge is -2.13. The SMILES string of the molecule is c1ccc(-c2nc(-c3ccccc3)nc(-n3c4cc5ccccc5cc4c4cccc(-c5cccc6c5sc5ccc7ccccc7c56)c43)n2)cc1. The predicted molar refractivity (Wildman–Crippen MR) is 218 cm³/mol. The number of benzene rings is 8. The van der Waals surface area contributed by atoms with E-state index in [4.69, 9.17) is 15.0 Å². The molecule has 0 aliphatic carbocycles. The van der Waals surface area contributed by atoms with Crippen LogP contribution in [0.2, 0.25) is 0 Å². The molecule has 0 aliphatic rings. The van der Waals surface area contributed by atoms with Gasteiger partial charge in [0.1, 0.15) is 0 Å². The molecule has 0 N–H and O–H groups in total. The van der Waals surface area contributed by atoms with E-state index in [-0.39, 0.29) is 0 Å². The zero-order chi connectivity index (χ0) is 34.2. The highest BCUT2D eigenvalue weighted by atomic mass is 32.1. The molecule has 3 aromatic heterocycles. The molecular formula is C47H28N4S. The summed E-state index contributed by atoms with van der Waals surface area (Å²) in [4.78, 5) is 15.6. The fraction of sp³-hybridized carbons (Fsp3) is 0. The summed E-state index contributed by atoms with van der Waals surface area (Å²) in [5.74, 6) is 1.86. The van der Waals surface area contributed by atoms with Crippen LogP contribution < -0.4 is 0 Å². The lowest BCUT2D eigenvalue weighted by molar-refractivity contribution is 0.954. The molecule has 8 aromatic carbocycles. The van der Waals surface area contributed by atoms with Crippen molar-refractivity contribution in [3.05, 3.63) is 170 Å². The Morgan fingerprint density at radius 2 is 1.02 bits per heavy atom. The first-order valence-electron chi connectivity index (χ1n) is 17.5. The second-order valence-electron chi connectivity index (χ2n) is 13.2. The maximum Gasteiger partial charge on any atom is 0.238 e. The van der Waals surface area contributed by atoms with Gasteiger partial charge in [0.25, 0.3) is 0 Å². The van der Waals surface area contributed by atoms with Gasteiger partial charge in [-0.05, 0) is 39.7 Å². The van der Waals surface area contributed by atoms with Gasteiger partial charge in [-0.3, -0.25) is 4.57 Å². The Hall–Kier alpha value is -6.69. The fourth-order valence-electron chi connectivity index (χ4n) is 7.85. The Kier molecular flexibility index (Phi) is 6.39. The highest BCUT2D eigenvalue weighted by Gasteiger charge is 2.22. The van der Waals surface area contributed by atoms with Crippen LogP contribution in [0, 0.1) is 0 Å². The Balaban J connectivity index is 1.28. The van der Waals surface area contributed by atoms with Crippen molar-refractivity contribution < 1.29 is 0 Å². The first kappa shape index (κ1) is 29.1. The van der Waals surface area contributed by atoms with Crippen LogP contribution in [0.15, 0.2) is 170 Å². The van der Waals surface area contributed by atoms with Gasteiger partial charge in [0.05, 0.1) is 11.0 Å². The first-order chi connectivity index (χ1) is 25.8. The summed E-state index contributed by atoms with van der Waals surface area (Å²) in [5, 5.41) is 9.82. The normalized spacial score (nSPS) is 11.8. The Bertz CT molecular complexity index is 3120. The summed E-state index contributed by atoms with van der Waals surface area (Å²) in [6.45, 7) is 0. The third-order valence-electron chi connectivity index (χ3n) is 10.2. The fourth-order valence-corrected chi connectivity index (χ4v) is 9.10. The molecule has 0 unspecified atom stereocenters. The van der Waals surface area contributed by atoms with Gasteiger partial charge in [-0.1, -0.05) is 152 Å². The lowest BCUT2D eigenvalue weighted by Crippen LogP contribution is -2.07. The molecule has 0 radical (unpaired) electrons. The van der Waals surface area contributed by atoms with E-state index < -0.39 is 0 Å². The lowest BCUT2D eigenvalue weighted by atomic mass is 9.98. The van der Waals surface area contributed by atoms with Gasteiger partial charge < -0.3 is 0 Å². The van der Waals surface area contributed by atoms with Crippen LogP contribution in [0.1, 0.15) is 0 Å². The van der Waals surface area contributed by atoms with E-state index in [9.17, 15) is 0 Å². The van der Waals surface area contributed by atoms with E-state index in [1.807, 2.05) is 47.7 Å². The monoisotopic (exact) mass is 680 g/mol. The van der Waals surface area contributed by atoms with Gasteiger partial charge in [-0.25, -0.2) is 4.98 Å². The highest BCUT2D eigenvalue weighted by Crippen LogP contribution is 2.46. The number of fused-ring (bicyclic) bond motifs is 9. The van der Waals surface area contributed by atoms with Gasteiger partial charge in [0.15, 0.2) is 11.6 Å². The van der Waals surface area contributed by atoms with Crippen LogP contribution in [-0.4, -0.2) is 19.5 Å². The molecule has 3 heterocycles. The smallest absolute Gasteiger partial charge is 0.238 e. The molecule has 0 spiro atoms. The van der Waals surface area contributed by atoms with E-state index in [1.54, 1.807) is 0 Å². The molecule has 242 valence electrons. The molecule has 0 amide bonds. The summed E-state index contributed by atoms with van der Waals surface area (Å²) in [6.07, 6.45) is 0. The van der Waals surface area contributed by atoms with E-state index >= 15 is 0 Å². The van der Waals surface area contributed by atoms with Crippen molar-refractivity contribution in [3.63, 3.8) is 0 Å². The quantitative estimate of drug-likeness (QED) is 0.186. The highest BCUT2D eigenvalue weighted by molar-refractivity contribution is 7.26. The molecule has 5 heteroatoms. The molecule has 0 saturated carbocycles. The zero-order valence-electron chi connectivity index (χ0n) is 27.9. The molecular weight excluding hydrogens is 653 g/mol. The van der Waals surface area contributed by atoms with Crippen molar-refractivity contribution in [2.75, 3.05) is 0 Å². The number of rotatable bonds is 4. The Labute approximate surface area is 302 Å². The molecule has 0 aliphatic heterocycles. The summed E-state index contributed by atoms with van der Waals surface area (Å²) >= 11 is 1.87. The van der Waals surface area contributed by atoms with Gasteiger partial charge in [0, 0.05) is 53.2 Å². The van der Waals surface area contributed by atoms with E-state index in [1.165, 1.54) is 47.3 Å². The summed E-state index contributed by atoms with van der Waals surface area (Å²) in [6, 6.07) is 60.2. The first-order valence-corrected chi connectivity index (χ1v) is 18.3. The third-order valence-corrected chi connectivity index (χ3v) is 11.4. The van der Waals surface area contributed by atoms with Crippen molar-refractivity contribution in [2.24, 2.45) is 0 Å². The minimum absolute atomic E-state index is 0.588. The Morgan fingerprint density at radius 1 is 0.423 bits per heavy atom. The molecule has 4 nitrogen and oxygen atoms in total. The zero-order valence-corrected chi connectivity index (χ0v) is 28.7. The molecule has 0 bridgehead atoms. The minimum atomic E-state index is 0.588. The maximum atomic E-state index is 5.26. The summed E-state index contributed by atoms with van der Waals surface area (Å²) in [5.41, 5.74) is 6.35.